The molecule has 0 saturated carbocycles. The highest BCUT2D eigenvalue weighted by Crippen LogP contribution is 2.62. The van der Waals surface area contributed by atoms with Gasteiger partial charge in [0.2, 0.25) is 0 Å². The Labute approximate surface area is 387 Å². The summed E-state index contributed by atoms with van der Waals surface area (Å²) in [5.74, 6) is 0. The van der Waals surface area contributed by atoms with E-state index in [0.717, 1.165) is 55.2 Å². The Bertz CT molecular complexity index is 3170. The molecule has 11 heteroatoms. The molecule has 0 atom stereocenters. The molecule has 8 aromatic rings. The predicted octanol–water partition coefficient (Wildman–Crippen LogP) is 3.98. The molecule has 0 aliphatic heterocycles. The first-order chi connectivity index (χ1) is 30.1. The number of hydrogen-bond donors (Lipinski definition) is 0. The third kappa shape index (κ3) is 5.94. The molecule has 278 valence electrons. The van der Waals surface area contributed by atoms with Crippen LogP contribution in [0.1, 0.15) is 49.9 Å². The summed E-state index contributed by atoms with van der Waals surface area (Å²) in [6.07, 6.45) is 0. The van der Waals surface area contributed by atoms with Crippen LogP contribution in [0.25, 0.3) is 54.3 Å². The van der Waals surface area contributed by atoms with Crippen LogP contribution in [0.4, 0.5) is 17.1 Å². The van der Waals surface area contributed by atoms with E-state index < -0.39 is 5.41 Å². The predicted molar refractivity (Wildman–Crippen MR) is 279 cm³/mol. The van der Waals surface area contributed by atoms with E-state index in [1.165, 1.54) is 21.6 Å². The van der Waals surface area contributed by atoms with Crippen LogP contribution in [0.5, 0.6) is 0 Å². The molecule has 10 rings (SSSR count). The van der Waals surface area contributed by atoms with Gasteiger partial charge >= 0.3 is 0 Å². The van der Waals surface area contributed by atoms with E-state index in [0.29, 0.717) is 5.69 Å². The first-order valence-corrected chi connectivity index (χ1v) is 21.6. The molecular formula is C52H32B9NS. The number of rotatable bonds is 6. The van der Waals surface area contributed by atoms with Crippen molar-refractivity contribution in [2.75, 3.05) is 4.90 Å². The molecule has 0 bridgehead atoms. The average Bonchev–Trinajstić information content (AvgIpc) is 3.89. The monoisotopic (exact) mass is 801 g/mol. The minimum atomic E-state index is -0.411. The topological polar surface area (TPSA) is 3.24 Å². The lowest BCUT2D eigenvalue weighted by Gasteiger charge is -2.36. The van der Waals surface area contributed by atoms with Crippen LogP contribution in [-0.4, -0.2) is 70.6 Å². The van der Waals surface area contributed by atoms with Gasteiger partial charge in [-0.05, 0) is 73.8 Å². The van der Waals surface area contributed by atoms with Crippen molar-refractivity contribution in [3.8, 4) is 54.3 Å². The van der Waals surface area contributed by atoms with Crippen LogP contribution >= 0.6 is 11.3 Å². The molecule has 0 fully saturated rings. The van der Waals surface area contributed by atoms with Gasteiger partial charge in [-0.25, -0.2) is 0 Å². The third-order valence-electron chi connectivity index (χ3n) is 13.4. The smallest absolute Gasteiger partial charge is 0.115 e. The Morgan fingerprint density at radius 1 is 0.397 bits per heavy atom. The van der Waals surface area contributed by atoms with Crippen LogP contribution in [0.2, 0.25) is 0 Å². The van der Waals surface area contributed by atoms with Gasteiger partial charge in [-0.2, -0.15) is 0 Å². The molecule has 7 aromatic carbocycles. The minimum absolute atomic E-state index is 0.0539. The standard InChI is InChI=1S/C52H32B9NS/c1-51(2)30-19-12-11-18-28(30)29-23-22-27(24-32(29)51)62(48-46(60)41(55)37(42(56)47(48)61)36-39(53)43(57)45(59)44(58)40(36)54)33-21-13-20-31-34(33)35-38(52(31,3)4)50(26-16-9-6-10-17-26)63-49(35)25-14-7-5-8-15-25/h5-24H,1-4H3. The van der Waals surface area contributed by atoms with Crippen LogP contribution in [-0.2, 0) is 10.8 Å². The van der Waals surface area contributed by atoms with Crippen molar-refractivity contribution >= 4 is 148 Å². The number of fused-ring (bicyclic) bond motifs is 6. The summed E-state index contributed by atoms with van der Waals surface area (Å²) >= 11 is 1.81. The van der Waals surface area contributed by atoms with Crippen molar-refractivity contribution in [3.05, 3.63) is 144 Å². The van der Waals surface area contributed by atoms with Crippen LogP contribution in [0.3, 0.4) is 0 Å². The second kappa shape index (κ2) is 14.8. The maximum Gasteiger partial charge on any atom is 0.115 e. The number of hydrogen-bond acceptors (Lipinski definition) is 2. The zero-order valence-electron chi connectivity index (χ0n) is 35.6. The summed E-state index contributed by atoms with van der Waals surface area (Å²) in [5.41, 5.74) is 14.4. The van der Waals surface area contributed by atoms with E-state index in [1.54, 1.807) is 0 Å². The fourth-order valence-corrected chi connectivity index (χ4v) is 11.6. The van der Waals surface area contributed by atoms with Crippen molar-refractivity contribution < 1.29 is 0 Å². The lowest BCUT2D eigenvalue weighted by atomic mass is 9.56. The molecule has 63 heavy (non-hydrogen) atoms. The van der Waals surface area contributed by atoms with Crippen molar-refractivity contribution in [1.82, 2.24) is 0 Å². The average molecular weight is 800 g/mol. The molecule has 0 unspecified atom stereocenters. The van der Waals surface area contributed by atoms with E-state index in [4.69, 9.17) is 70.6 Å². The Morgan fingerprint density at radius 2 is 0.889 bits per heavy atom. The van der Waals surface area contributed by atoms with Gasteiger partial charge in [0.25, 0.3) is 0 Å². The molecule has 0 amide bonds. The van der Waals surface area contributed by atoms with Crippen LogP contribution in [0, 0.1) is 0 Å². The van der Waals surface area contributed by atoms with Gasteiger partial charge in [-0.3, -0.25) is 0 Å². The van der Waals surface area contributed by atoms with E-state index in [-0.39, 0.29) is 65.7 Å². The maximum atomic E-state index is 7.33. The van der Waals surface area contributed by atoms with Crippen molar-refractivity contribution in [1.29, 1.82) is 0 Å². The Hall–Kier alpha value is -5.38. The number of nitrogens with zero attached hydrogens (tertiary/aromatic N) is 1. The fourth-order valence-electron chi connectivity index (χ4n) is 10.2. The molecule has 18 radical (unpaired) electrons. The van der Waals surface area contributed by atoms with Crippen molar-refractivity contribution in [2.45, 2.75) is 38.5 Å². The van der Waals surface area contributed by atoms with Gasteiger partial charge < -0.3 is 4.90 Å². The molecule has 0 N–H and O–H groups in total. The summed E-state index contributed by atoms with van der Waals surface area (Å²) in [6.45, 7) is 9.13. The molecule has 1 heterocycles. The highest BCUT2D eigenvalue weighted by Gasteiger charge is 2.44. The lowest BCUT2D eigenvalue weighted by molar-refractivity contribution is 0.660. The zero-order chi connectivity index (χ0) is 44.4. The Balaban J connectivity index is 1.31. The van der Waals surface area contributed by atoms with Crippen molar-refractivity contribution in [3.63, 3.8) is 0 Å². The second-order valence-electron chi connectivity index (χ2n) is 17.6. The zero-order valence-corrected chi connectivity index (χ0v) is 36.4. The van der Waals surface area contributed by atoms with Gasteiger partial charge in [-0.1, -0.05) is 164 Å². The maximum absolute atomic E-state index is 7.33. The van der Waals surface area contributed by atoms with Crippen LogP contribution in [0.15, 0.2) is 121 Å². The summed E-state index contributed by atoms with van der Waals surface area (Å²) in [7, 11) is 61.1. The van der Waals surface area contributed by atoms with Gasteiger partial charge in [0.1, 0.15) is 70.6 Å². The van der Waals surface area contributed by atoms with E-state index in [2.05, 4.69) is 148 Å². The van der Waals surface area contributed by atoms with E-state index in [9.17, 15) is 0 Å². The summed E-state index contributed by atoms with van der Waals surface area (Å²) in [6, 6.07) is 42.8. The molecular weight excluding hydrogens is 768 g/mol. The number of benzene rings is 7. The largest absolute Gasteiger partial charge is 0.311 e. The first kappa shape index (κ1) is 41.6. The highest BCUT2D eigenvalue weighted by atomic mass is 32.1. The lowest BCUT2D eigenvalue weighted by Crippen LogP contribution is -2.57. The summed E-state index contributed by atoms with van der Waals surface area (Å²) < 4.78 is 0. The third-order valence-corrected chi connectivity index (χ3v) is 14.7. The highest BCUT2D eigenvalue weighted by molar-refractivity contribution is 7.19. The van der Waals surface area contributed by atoms with Crippen LogP contribution < -0.4 is 54.1 Å². The molecule has 0 spiro atoms. The molecule has 1 aromatic heterocycles. The molecule has 2 aliphatic carbocycles. The second-order valence-corrected chi connectivity index (χ2v) is 18.6. The minimum Gasteiger partial charge on any atom is -0.311 e. The Kier molecular flexibility index (Phi) is 9.81. The van der Waals surface area contributed by atoms with Gasteiger partial charge in [-0.15, -0.1) is 27.7 Å². The molecule has 0 saturated heterocycles. The summed E-state index contributed by atoms with van der Waals surface area (Å²) in [5, 5.41) is 0. The normalized spacial score (nSPS) is 13.9. The number of thiophene rings is 1. The quantitative estimate of drug-likeness (QED) is 0.231. The Morgan fingerprint density at radius 3 is 1.49 bits per heavy atom. The van der Waals surface area contributed by atoms with E-state index >= 15 is 0 Å². The SMILES string of the molecule is [B]c1c([B])c([B])c(-c2c([B])c([B])c(N(c3ccc4c(c3)C(C)(C)c3ccccc3-4)c3cccc4c3-c3c(-c5ccccc5)sc(-c5ccccc5)c3C4(C)C)c([B])c2[B])c([B])c1[B]. The summed E-state index contributed by atoms with van der Waals surface area (Å²) in [4.78, 5) is 4.50. The van der Waals surface area contributed by atoms with Gasteiger partial charge in [0.05, 0.1) is 5.69 Å². The molecule has 2 aliphatic rings. The van der Waals surface area contributed by atoms with E-state index in [1.807, 2.05) is 17.4 Å². The first-order valence-electron chi connectivity index (χ1n) is 20.8. The fraction of sp³-hybridized carbons (Fsp3) is 0.115. The molecule has 1 nitrogen and oxygen atoms in total. The van der Waals surface area contributed by atoms with Gasteiger partial charge in [0.15, 0.2) is 0 Å². The van der Waals surface area contributed by atoms with Gasteiger partial charge in [0, 0.05) is 43.1 Å². The number of anilines is 3. The van der Waals surface area contributed by atoms with Crippen molar-refractivity contribution in [2.24, 2.45) is 0 Å².